The van der Waals surface area contributed by atoms with Crippen LogP contribution < -0.4 is 0 Å². The number of carbonyl (C=O) groups excluding carboxylic acids is 1. The largest absolute Gasteiger partial charge is 0.291 e. The van der Waals surface area contributed by atoms with Crippen molar-refractivity contribution in [3.05, 3.63) is 75.4 Å². The van der Waals surface area contributed by atoms with Gasteiger partial charge >= 0.3 is 0 Å². The molecule has 0 radical (unpaired) electrons. The number of carbonyl (C=O) groups is 1. The lowest BCUT2D eigenvalue weighted by atomic mass is 9.92. The summed E-state index contributed by atoms with van der Waals surface area (Å²) in [5.74, 6) is 0.0649. The molecular weight excluding hydrogens is 366 g/mol. The summed E-state index contributed by atoms with van der Waals surface area (Å²) in [5.41, 5.74) is 5.51. The highest BCUT2D eigenvalue weighted by Crippen LogP contribution is 2.29. The first-order chi connectivity index (χ1) is 14.1. The zero-order chi connectivity index (χ0) is 20.2. The van der Waals surface area contributed by atoms with Crippen LogP contribution in [0.4, 0.5) is 0 Å². The summed E-state index contributed by atoms with van der Waals surface area (Å²) in [7, 11) is 0. The number of hydroxylamine groups is 2. The Bertz CT molecular complexity index is 860. The third-order valence-electron chi connectivity index (χ3n) is 6.00. The first-order valence-electron chi connectivity index (χ1n) is 10.3. The third-order valence-corrected chi connectivity index (χ3v) is 6.00. The maximum atomic E-state index is 13.0. The number of nitroso groups, excluding NO2 is 1. The average Bonchev–Trinajstić information content (AvgIpc) is 2.77. The van der Waals surface area contributed by atoms with Crippen LogP contribution in [0.25, 0.3) is 0 Å². The van der Waals surface area contributed by atoms with Crippen LogP contribution >= 0.6 is 0 Å². The van der Waals surface area contributed by atoms with Crippen LogP contribution in [0.5, 0.6) is 0 Å². The quantitative estimate of drug-likeness (QED) is 0.725. The molecule has 6 heteroatoms. The van der Waals surface area contributed by atoms with Crippen molar-refractivity contribution in [3.63, 3.8) is 0 Å². The van der Waals surface area contributed by atoms with E-state index >= 15 is 0 Å². The molecule has 29 heavy (non-hydrogen) atoms. The molecule has 0 N–H and O–H groups in total. The zero-order valence-corrected chi connectivity index (χ0v) is 16.8. The van der Waals surface area contributed by atoms with Gasteiger partial charge in [0.2, 0.25) is 0 Å². The molecule has 152 valence electrons. The van der Waals surface area contributed by atoms with Crippen LogP contribution in [0.15, 0.2) is 64.5 Å². The highest BCUT2D eigenvalue weighted by Gasteiger charge is 2.35. The molecule has 1 aromatic rings. The molecule has 0 bridgehead atoms. The van der Waals surface area contributed by atoms with Gasteiger partial charge in [0, 0.05) is 13.1 Å². The van der Waals surface area contributed by atoms with Gasteiger partial charge in [0.05, 0.1) is 19.2 Å². The van der Waals surface area contributed by atoms with Gasteiger partial charge in [0.1, 0.15) is 5.70 Å². The topological polar surface area (TPSA) is 62.2 Å². The monoisotopic (exact) mass is 393 g/mol. The number of benzene rings is 1. The van der Waals surface area contributed by atoms with E-state index in [1.807, 2.05) is 24.3 Å². The van der Waals surface area contributed by atoms with Crippen molar-refractivity contribution < 1.29 is 9.63 Å². The van der Waals surface area contributed by atoms with Crippen molar-refractivity contribution >= 4 is 5.91 Å². The zero-order valence-electron chi connectivity index (χ0n) is 16.8. The fraction of sp³-hybridized carbons (Fsp3) is 0.435. The standard InChI is InChI=1S/C23H27N3O3/c1-17-2-4-18(5-3-17)16-26-23(27)22(12-15-29-26)25-13-10-20(11-14-25)19-6-8-21(24-28)9-7-19/h2-6,8-9,22H,7,10-16H2,1H3. The molecule has 1 atom stereocenters. The highest BCUT2D eigenvalue weighted by molar-refractivity contribution is 5.81. The first-order valence-corrected chi connectivity index (χ1v) is 10.3. The number of piperidine rings is 1. The Balaban J connectivity index is 1.36. The van der Waals surface area contributed by atoms with Crippen LogP contribution in [0.1, 0.15) is 36.8 Å². The van der Waals surface area contributed by atoms with Gasteiger partial charge in [0.25, 0.3) is 5.91 Å². The van der Waals surface area contributed by atoms with Gasteiger partial charge in [-0.25, -0.2) is 5.06 Å². The lowest BCUT2D eigenvalue weighted by Crippen LogP contribution is -2.54. The molecular formula is C23H27N3O3. The van der Waals surface area contributed by atoms with E-state index in [1.54, 1.807) is 6.08 Å². The maximum Gasteiger partial charge on any atom is 0.263 e. The van der Waals surface area contributed by atoms with E-state index in [4.69, 9.17) is 4.84 Å². The number of allylic oxidation sites excluding steroid dienone is 4. The van der Waals surface area contributed by atoms with Crippen molar-refractivity contribution in [3.8, 4) is 0 Å². The minimum atomic E-state index is -0.103. The number of aryl methyl sites for hydroxylation is 1. The molecule has 1 unspecified atom stereocenters. The maximum absolute atomic E-state index is 13.0. The molecule has 1 aliphatic carbocycles. The third kappa shape index (κ3) is 4.54. The number of hydrogen-bond acceptors (Lipinski definition) is 5. The summed E-state index contributed by atoms with van der Waals surface area (Å²) in [6.45, 7) is 4.87. The van der Waals surface area contributed by atoms with Crippen molar-refractivity contribution in [2.45, 2.75) is 45.2 Å². The Morgan fingerprint density at radius 3 is 2.55 bits per heavy atom. The Labute approximate surface area is 171 Å². The second-order valence-corrected chi connectivity index (χ2v) is 7.92. The minimum absolute atomic E-state index is 0.0649. The van der Waals surface area contributed by atoms with E-state index in [9.17, 15) is 9.70 Å². The van der Waals surface area contributed by atoms with Crippen molar-refractivity contribution in [2.75, 3.05) is 19.7 Å². The fourth-order valence-electron chi connectivity index (χ4n) is 4.24. The van der Waals surface area contributed by atoms with Gasteiger partial charge in [-0.3, -0.25) is 14.5 Å². The predicted molar refractivity (Wildman–Crippen MR) is 112 cm³/mol. The summed E-state index contributed by atoms with van der Waals surface area (Å²) in [5, 5.41) is 4.53. The smallest absolute Gasteiger partial charge is 0.263 e. The number of rotatable bonds is 4. The van der Waals surface area contributed by atoms with Gasteiger partial charge < -0.3 is 0 Å². The van der Waals surface area contributed by atoms with E-state index in [2.05, 4.69) is 29.1 Å². The number of hydrogen-bond donors (Lipinski definition) is 0. The normalized spacial score (nSPS) is 23.3. The molecule has 2 fully saturated rings. The van der Waals surface area contributed by atoms with E-state index in [0.717, 1.165) is 44.3 Å². The molecule has 6 nitrogen and oxygen atoms in total. The Kier molecular flexibility index (Phi) is 6.02. The van der Waals surface area contributed by atoms with Crippen LogP contribution in [0.2, 0.25) is 0 Å². The minimum Gasteiger partial charge on any atom is -0.291 e. The lowest BCUT2D eigenvalue weighted by molar-refractivity contribution is -0.212. The van der Waals surface area contributed by atoms with E-state index < -0.39 is 0 Å². The second kappa shape index (κ2) is 8.84. The van der Waals surface area contributed by atoms with Crippen molar-refractivity contribution in [2.24, 2.45) is 5.18 Å². The molecule has 1 aromatic carbocycles. The van der Waals surface area contributed by atoms with Gasteiger partial charge in [-0.05, 0) is 55.0 Å². The van der Waals surface area contributed by atoms with Crippen LogP contribution in [0.3, 0.4) is 0 Å². The lowest BCUT2D eigenvalue weighted by Gasteiger charge is -2.40. The first kappa shape index (κ1) is 19.7. The molecule has 0 spiro atoms. The van der Waals surface area contributed by atoms with Crippen molar-refractivity contribution in [1.29, 1.82) is 0 Å². The molecule has 0 aromatic heterocycles. The van der Waals surface area contributed by atoms with Crippen LogP contribution in [-0.2, 0) is 16.2 Å². The summed E-state index contributed by atoms with van der Waals surface area (Å²) < 4.78 is 0. The summed E-state index contributed by atoms with van der Waals surface area (Å²) in [4.78, 5) is 31.6. The van der Waals surface area contributed by atoms with Gasteiger partial charge in [0.15, 0.2) is 0 Å². The van der Waals surface area contributed by atoms with Gasteiger partial charge in [-0.1, -0.05) is 47.6 Å². The van der Waals surface area contributed by atoms with E-state index in [-0.39, 0.29) is 11.9 Å². The van der Waals surface area contributed by atoms with Gasteiger partial charge in [-0.2, -0.15) is 0 Å². The molecule has 0 saturated carbocycles. The number of nitrogens with zero attached hydrogens (tertiary/aromatic N) is 3. The average molecular weight is 393 g/mol. The molecule has 2 aliphatic heterocycles. The second-order valence-electron chi connectivity index (χ2n) is 7.92. The Morgan fingerprint density at radius 1 is 1.14 bits per heavy atom. The van der Waals surface area contributed by atoms with Crippen molar-refractivity contribution in [1.82, 2.24) is 9.96 Å². The fourth-order valence-corrected chi connectivity index (χ4v) is 4.24. The van der Waals surface area contributed by atoms with Gasteiger partial charge in [-0.15, -0.1) is 4.91 Å². The Hall–Kier alpha value is -2.57. The van der Waals surface area contributed by atoms with E-state index in [0.29, 0.717) is 18.8 Å². The molecule has 1 amide bonds. The molecule has 3 aliphatic rings. The summed E-state index contributed by atoms with van der Waals surface area (Å²) in [6.07, 6.45) is 9.12. The molecule has 4 rings (SSSR count). The summed E-state index contributed by atoms with van der Waals surface area (Å²) in [6, 6.07) is 8.11. The molecule has 2 saturated heterocycles. The van der Waals surface area contributed by atoms with Crippen LogP contribution in [-0.4, -0.2) is 41.6 Å². The SMILES string of the molecule is Cc1ccc(CN2OCCC(N3CCC(=C4C=CC(N=O)=CC4)CC3)C2=O)cc1. The van der Waals surface area contributed by atoms with Crippen LogP contribution in [0, 0.1) is 11.8 Å². The molecule has 2 heterocycles. The van der Waals surface area contributed by atoms with E-state index in [1.165, 1.54) is 21.8 Å². The highest BCUT2D eigenvalue weighted by atomic mass is 16.7. The number of likely N-dealkylation sites (tertiary alicyclic amines) is 1. The predicted octanol–water partition coefficient (Wildman–Crippen LogP) is 4.03. The number of amides is 1. The summed E-state index contributed by atoms with van der Waals surface area (Å²) >= 11 is 0. The Morgan fingerprint density at radius 2 is 1.90 bits per heavy atom.